The Morgan fingerprint density at radius 2 is 1.62 bits per heavy atom. The first kappa shape index (κ1) is 17.8. The van der Waals surface area contributed by atoms with Crippen LogP contribution in [0.3, 0.4) is 0 Å². The molecule has 1 heterocycles. The zero-order valence-electron chi connectivity index (χ0n) is 15.5. The van der Waals surface area contributed by atoms with E-state index in [4.69, 9.17) is 0 Å². The second-order valence-electron chi connectivity index (χ2n) is 6.76. The standard InChI is InChI=1S/C20H23N5O/c1-14(2)15-10-12-17(13-11-15)19-21-23-25(22-19)18(20(26)24(3)4)16-8-6-5-7-9-16/h5-14,18H,1-4H3/t18-/m1/s1. The predicted octanol–water partition coefficient (Wildman–Crippen LogP) is 3.14. The maximum absolute atomic E-state index is 12.7. The van der Waals surface area contributed by atoms with Crippen LogP contribution in [0.4, 0.5) is 0 Å². The minimum absolute atomic E-state index is 0.102. The van der Waals surface area contributed by atoms with Gasteiger partial charge in [0.25, 0.3) is 5.91 Å². The van der Waals surface area contributed by atoms with E-state index >= 15 is 0 Å². The Balaban J connectivity index is 1.96. The number of amides is 1. The van der Waals surface area contributed by atoms with Crippen molar-refractivity contribution in [1.29, 1.82) is 0 Å². The van der Waals surface area contributed by atoms with Crippen LogP contribution in [-0.2, 0) is 4.79 Å². The number of carbonyl (C=O) groups is 1. The molecule has 0 radical (unpaired) electrons. The summed E-state index contributed by atoms with van der Waals surface area (Å²) in [5, 5.41) is 12.8. The third-order valence-electron chi connectivity index (χ3n) is 4.28. The summed E-state index contributed by atoms with van der Waals surface area (Å²) in [5.74, 6) is 0.871. The van der Waals surface area contributed by atoms with Crippen LogP contribution in [0.15, 0.2) is 54.6 Å². The molecule has 0 unspecified atom stereocenters. The molecular weight excluding hydrogens is 326 g/mol. The van der Waals surface area contributed by atoms with Gasteiger partial charge in [-0.25, -0.2) is 0 Å². The SMILES string of the molecule is CC(C)c1ccc(-c2nnn([C@@H](C(=O)N(C)C)c3ccccc3)n2)cc1. The number of nitrogens with zero attached hydrogens (tertiary/aromatic N) is 5. The molecule has 0 saturated heterocycles. The molecule has 0 aliphatic rings. The quantitative estimate of drug-likeness (QED) is 0.710. The molecule has 134 valence electrons. The van der Waals surface area contributed by atoms with E-state index in [-0.39, 0.29) is 5.91 Å². The third-order valence-corrected chi connectivity index (χ3v) is 4.28. The van der Waals surface area contributed by atoms with Gasteiger partial charge in [0.15, 0.2) is 6.04 Å². The largest absolute Gasteiger partial charge is 0.347 e. The van der Waals surface area contributed by atoms with E-state index in [1.165, 1.54) is 15.3 Å². The zero-order chi connectivity index (χ0) is 18.7. The Bertz CT molecular complexity index is 869. The maximum atomic E-state index is 12.7. The Morgan fingerprint density at radius 3 is 2.19 bits per heavy atom. The molecule has 6 nitrogen and oxygen atoms in total. The highest BCUT2D eigenvalue weighted by molar-refractivity contribution is 5.83. The number of tetrazole rings is 1. The Morgan fingerprint density at radius 1 is 0.962 bits per heavy atom. The van der Waals surface area contributed by atoms with E-state index < -0.39 is 6.04 Å². The summed E-state index contributed by atoms with van der Waals surface area (Å²) in [7, 11) is 3.45. The van der Waals surface area contributed by atoms with Crippen molar-refractivity contribution in [3.8, 4) is 11.4 Å². The summed E-state index contributed by atoms with van der Waals surface area (Å²) < 4.78 is 0. The number of hydrogen-bond acceptors (Lipinski definition) is 4. The maximum Gasteiger partial charge on any atom is 0.253 e. The van der Waals surface area contributed by atoms with E-state index in [0.29, 0.717) is 11.7 Å². The van der Waals surface area contributed by atoms with Crippen LogP contribution in [0, 0.1) is 0 Å². The molecular formula is C20H23N5O. The minimum atomic E-state index is -0.637. The fourth-order valence-electron chi connectivity index (χ4n) is 2.72. The Labute approximate surface area is 153 Å². The van der Waals surface area contributed by atoms with Gasteiger partial charge >= 0.3 is 0 Å². The number of aromatic nitrogens is 4. The second-order valence-corrected chi connectivity index (χ2v) is 6.76. The Hall–Kier alpha value is -3.02. The topological polar surface area (TPSA) is 63.9 Å². The van der Waals surface area contributed by atoms with Crippen LogP contribution < -0.4 is 0 Å². The first-order valence-corrected chi connectivity index (χ1v) is 8.63. The van der Waals surface area contributed by atoms with E-state index in [9.17, 15) is 4.79 Å². The lowest BCUT2D eigenvalue weighted by atomic mass is 10.0. The smallest absolute Gasteiger partial charge is 0.253 e. The van der Waals surface area contributed by atoms with Gasteiger partial charge in [0, 0.05) is 19.7 Å². The molecule has 3 aromatic rings. The van der Waals surface area contributed by atoms with Gasteiger partial charge in [-0.2, -0.15) is 0 Å². The van der Waals surface area contributed by atoms with Crippen molar-refractivity contribution in [2.75, 3.05) is 14.1 Å². The van der Waals surface area contributed by atoms with Gasteiger partial charge < -0.3 is 4.90 Å². The van der Waals surface area contributed by atoms with Crippen LogP contribution in [0.2, 0.25) is 0 Å². The summed E-state index contributed by atoms with van der Waals surface area (Å²) in [5.41, 5.74) is 2.96. The molecule has 1 atom stereocenters. The van der Waals surface area contributed by atoms with E-state index in [1.54, 1.807) is 14.1 Å². The average molecular weight is 349 g/mol. The summed E-state index contributed by atoms with van der Waals surface area (Å²) in [6.07, 6.45) is 0. The van der Waals surface area contributed by atoms with Crippen molar-refractivity contribution in [1.82, 2.24) is 25.1 Å². The summed E-state index contributed by atoms with van der Waals surface area (Å²) >= 11 is 0. The summed E-state index contributed by atoms with van der Waals surface area (Å²) in [6.45, 7) is 4.31. The molecule has 0 saturated carbocycles. The number of rotatable bonds is 5. The van der Waals surface area contributed by atoms with Crippen LogP contribution in [-0.4, -0.2) is 45.1 Å². The molecule has 0 fully saturated rings. The van der Waals surface area contributed by atoms with Crippen LogP contribution >= 0.6 is 0 Å². The van der Waals surface area contributed by atoms with Crippen molar-refractivity contribution in [3.63, 3.8) is 0 Å². The lowest BCUT2D eigenvalue weighted by molar-refractivity contribution is -0.131. The fourth-order valence-corrected chi connectivity index (χ4v) is 2.72. The van der Waals surface area contributed by atoms with Crippen molar-refractivity contribution >= 4 is 5.91 Å². The monoisotopic (exact) mass is 349 g/mol. The minimum Gasteiger partial charge on any atom is -0.347 e. The highest BCUT2D eigenvalue weighted by Gasteiger charge is 2.27. The summed E-state index contributed by atoms with van der Waals surface area (Å²) in [4.78, 5) is 15.6. The molecule has 2 aromatic carbocycles. The normalized spacial score (nSPS) is 12.2. The van der Waals surface area contributed by atoms with Gasteiger partial charge in [0.2, 0.25) is 5.82 Å². The van der Waals surface area contributed by atoms with Gasteiger partial charge in [-0.3, -0.25) is 4.79 Å². The third kappa shape index (κ3) is 3.64. The van der Waals surface area contributed by atoms with Crippen LogP contribution in [0.1, 0.15) is 36.9 Å². The van der Waals surface area contributed by atoms with Gasteiger partial charge in [0.05, 0.1) is 0 Å². The van der Waals surface area contributed by atoms with E-state index in [2.05, 4.69) is 41.4 Å². The molecule has 0 N–H and O–H groups in total. The Kier molecular flexibility index (Phi) is 5.11. The molecule has 6 heteroatoms. The number of carbonyl (C=O) groups excluding carboxylic acids is 1. The highest BCUT2D eigenvalue weighted by atomic mass is 16.2. The molecule has 3 rings (SSSR count). The van der Waals surface area contributed by atoms with Gasteiger partial charge in [-0.15, -0.1) is 15.0 Å². The highest BCUT2D eigenvalue weighted by Crippen LogP contribution is 2.22. The van der Waals surface area contributed by atoms with Crippen molar-refractivity contribution in [2.45, 2.75) is 25.8 Å². The van der Waals surface area contributed by atoms with Gasteiger partial charge in [-0.05, 0) is 22.3 Å². The van der Waals surface area contributed by atoms with Crippen LogP contribution in [0.25, 0.3) is 11.4 Å². The first-order valence-electron chi connectivity index (χ1n) is 8.63. The van der Waals surface area contributed by atoms with Crippen molar-refractivity contribution < 1.29 is 4.79 Å². The van der Waals surface area contributed by atoms with Crippen molar-refractivity contribution in [3.05, 3.63) is 65.7 Å². The van der Waals surface area contributed by atoms with E-state index in [0.717, 1.165) is 11.1 Å². The number of likely N-dealkylation sites (N-methyl/N-ethyl adjacent to an activating group) is 1. The zero-order valence-corrected chi connectivity index (χ0v) is 15.5. The lowest BCUT2D eigenvalue weighted by Gasteiger charge is -2.19. The van der Waals surface area contributed by atoms with Crippen LogP contribution in [0.5, 0.6) is 0 Å². The average Bonchev–Trinajstić information content (AvgIpc) is 3.12. The first-order chi connectivity index (χ1) is 12.5. The van der Waals surface area contributed by atoms with E-state index in [1.807, 2.05) is 42.5 Å². The molecule has 0 spiro atoms. The molecule has 1 amide bonds. The molecule has 1 aromatic heterocycles. The van der Waals surface area contributed by atoms with Crippen molar-refractivity contribution in [2.24, 2.45) is 0 Å². The molecule has 0 aliphatic heterocycles. The summed E-state index contributed by atoms with van der Waals surface area (Å²) in [6, 6.07) is 17.0. The fraction of sp³-hybridized carbons (Fsp3) is 0.300. The number of benzene rings is 2. The molecule has 0 aliphatic carbocycles. The van der Waals surface area contributed by atoms with Gasteiger partial charge in [-0.1, -0.05) is 68.4 Å². The molecule has 0 bridgehead atoms. The lowest BCUT2D eigenvalue weighted by Crippen LogP contribution is -2.33. The van der Waals surface area contributed by atoms with Gasteiger partial charge in [0.1, 0.15) is 0 Å². The molecule has 26 heavy (non-hydrogen) atoms. The second kappa shape index (κ2) is 7.47. The number of hydrogen-bond donors (Lipinski definition) is 0. The predicted molar refractivity (Wildman–Crippen MR) is 101 cm³/mol.